The van der Waals surface area contributed by atoms with Gasteiger partial charge < -0.3 is 20.0 Å². The van der Waals surface area contributed by atoms with Crippen LogP contribution in [-0.4, -0.2) is 43.6 Å². The number of oxazole rings is 1. The van der Waals surface area contributed by atoms with Crippen molar-refractivity contribution in [1.29, 1.82) is 0 Å². The highest BCUT2D eigenvalue weighted by atomic mass is 16.4. The standard InChI is InChI=1S/C14H22N4O/c1-4-18(10-6-9-17(2)3)14-16-13-11(15)7-5-8-12(13)19-14/h5,7-8H,4,6,9-10,15H2,1-3H3. The molecule has 104 valence electrons. The van der Waals surface area contributed by atoms with E-state index in [0.29, 0.717) is 11.7 Å². The molecule has 0 spiro atoms. The zero-order valence-corrected chi connectivity index (χ0v) is 11.9. The summed E-state index contributed by atoms with van der Waals surface area (Å²) >= 11 is 0. The average Bonchev–Trinajstić information content (AvgIpc) is 2.79. The molecular weight excluding hydrogens is 240 g/mol. The van der Waals surface area contributed by atoms with Gasteiger partial charge in [0.15, 0.2) is 5.58 Å². The number of hydrogen-bond acceptors (Lipinski definition) is 5. The Morgan fingerprint density at radius 2 is 2.05 bits per heavy atom. The van der Waals surface area contributed by atoms with E-state index in [1.165, 1.54) is 0 Å². The minimum absolute atomic E-state index is 0.661. The summed E-state index contributed by atoms with van der Waals surface area (Å²) in [6, 6.07) is 6.29. The van der Waals surface area contributed by atoms with E-state index in [1.54, 1.807) is 0 Å². The lowest BCUT2D eigenvalue weighted by molar-refractivity contribution is 0.398. The van der Waals surface area contributed by atoms with Crippen LogP contribution in [0.2, 0.25) is 0 Å². The Morgan fingerprint density at radius 3 is 2.68 bits per heavy atom. The van der Waals surface area contributed by atoms with Gasteiger partial charge in [-0.3, -0.25) is 0 Å². The van der Waals surface area contributed by atoms with Gasteiger partial charge in [0.1, 0.15) is 5.52 Å². The Bertz CT molecular complexity index is 535. The molecule has 0 saturated carbocycles. The maximum absolute atomic E-state index is 5.90. The third kappa shape index (κ3) is 3.17. The van der Waals surface area contributed by atoms with Crippen molar-refractivity contribution >= 4 is 22.8 Å². The Hall–Kier alpha value is -1.75. The van der Waals surface area contributed by atoms with Crippen LogP contribution in [-0.2, 0) is 0 Å². The smallest absolute Gasteiger partial charge is 0.298 e. The minimum atomic E-state index is 0.661. The zero-order valence-electron chi connectivity index (χ0n) is 11.9. The number of anilines is 2. The third-order valence-electron chi connectivity index (χ3n) is 3.12. The fourth-order valence-electron chi connectivity index (χ4n) is 2.06. The van der Waals surface area contributed by atoms with Gasteiger partial charge in [0.2, 0.25) is 0 Å². The zero-order chi connectivity index (χ0) is 13.8. The van der Waals surface area contributed by atoms with Crippen LogP contribution in [0.15, 0.2) is 22.6 Å². The Morgan fingerprint density at radius 1 is 1.26 bits per heavy atom. The molecule has 0 aliphatic carbocycles. The van der Waals surface area contributed by atoms with E-state index in [4.69, 9.17) is 10.2 Å². The lowest BCUT2D eigenvalue weighted by Crippen LogP contribution is -2.27. The number of hydrogen-bond donors (Lipinski definition) is 1. The highest BCUT2D eigenvalue weighted by molar-refractivity contribution is 5.86. The molecule has 2 N–H and O–H groups in total. The molecule has 0 atom stereocenters. The van der Waals surface area contributed by atoms with Crippen LogP contribution in [0.1, 0.15) is 13.3 Å². The van der Waals surface area contributed by atoms with Gasteiger partial charge in [0.05, 0.1) is 5.69 Å². The van der Waals surface area contributed by atoms with E-state index < -0.39 is 0 Å². The summed E-state index contributed by atoms with van der Waals surface area (Å²) in [6.07, 6.45) is 1.08. The first-order chi connectivity index (χ1) is 9.11. The molecule has 2 rings (SSSR count). The van der Waals surface area contributed by atoms with Crippen molar-refractivity contribution in [2.24, 2.45) is 0 Å². The molecule has 19 heavy (non-hydrogen) atoms. The van der Waals surface area contributed by atoms with Crippen molar-refractivity contribution in [3.05, 3.63) is 18.2 Å². The molecule has 5 heteroatoms. The van der Waals surface area contributed by atoms with Gasteiger partial charge >= 0.3 is 0 Å². The molecule has 1 aromatic carbocycles. The van der Waals surface area contributed by atoms with Gasteiger partial charge in [-0.05, 0) is 46.1 Å². The molecular formula is C14H22N4O. The first kappa shape index (κ1) is 13.7. The second-order valence-electron chi connectivity index (χ2n) is 4.93. The molecule has 0 fully saturated rings. The fraction of sp³-hybridized carbons (Fsp3) is 0.500. The number of nitrogen functional groups attached to an aromatic ring is 1. The number of benzene rings is 1. The summed E-state index contributed by atoms with van der Waals surface area (Å²) < 4.78 is 5.78. The van der Waals surface area contributed by atoms with Crippen molar-refractivity contribution in [2.45, 2.75) is 13.3 Å². The van der Waals surface area contributed by atoms with Crippen LogP contribution >= 0.6 is 0 Å². The Kier molecular flexibility index (Phi) is 4.27. The highest BCUT2D eigenvalue weighted by Gasteiger charge is 2.13. The average molecular weight is 262 g/mol. The molecule has 1 aromatic heterocycles. The summed E-state index contributed by atoms with van der Waals surface area (Å²) in [5.74, 6) is 0. The number of rotatable bonds is 6. The van der Waals surface area contributed by atoms with Crippen LogP contribution in [0.25, 0.3) is 11.1 Å². The lowest BCUT2D eigenvalue weighted by Gasteiger charge is -2.19. The lowest BCUT2D eigenvalue weighted by atomic mass is 10.3. The number of aromatic nitrogens is 1. The molecule has 0 aliphatic heterocycles. The van der Waals surface area contributed by atoms with Crippen molar-refractivity contribution in [3.8, 4) is 0 Å². The van der Waals surface area contributed by atoms with Gasteiger partial charge in [0, 0.05) is 13.1 Å². The normalized spacial score (nSPS) is 11.4. The van der Waals surface area contributed by atoms with Crippen LogP contribution in [0, 0.1) is 0 Å². The quantitative estimate of drug-likeness (QED) is 0.809. The summed E-state index contributed by atoms with van der Waals surface area (Å²) in [5.41, 5.74) is 8.07. The topological polar surface area (TPSA) is 58.5 Å². The first-order valence-electron chi connectivity index (χ1n) is 6.66. The number of fused-ring (bicyclic) bond motifs is 1. The van der Waals surface area contributed by atoms with Crippen LogP contribution in [0.3, 0.4) is 0 Å². The van der Waals surface area contributed by atoms with Crippen molar-refractivity contribution in [3.63, 3.8) is 0 Å². The summed E-state index contributed by atoms with van der Waals surface area (Å²) in [6.45, 7) is 4.97. The van der Waals surface area contributed by atoms with Crippen LogP contribution in [0.5, 0.6) is 0 Å². The largest absolute Gasteiger partial charge is 0.423 e. The van der Waals surface area contributed by atoms with Gasteiger partial charge in [0.25, 0.3) is 6.01 Å². The van der Waals surface area contributed by atoms with Crippen molar-refractivity contribution in [1.82, 2.24) is 9.88 Å². The van der Waals surface area contributed by atoms with E-state index in [2.05, 4.69) is 35.8 Å². The monoisotopic (exact) mass is 262 g/mol. The molecule has 5 nitrogen and oxygen atoms in total. The highest BCUT2D eigenvalue weighted by Crippen LogP contribution is 2.25. The molecule has 0 aliphatic rings. The van der Waals surface area contributed by atoms with Gasteiger partial charge in [-0.2, -0.15) is 4.98 Å². The number of nitrogens with two attached hydrogens (primary N) is 1. The molecule has 0 unspecified atom stereocenters. The number of para-hydroxylation sites is 1. The predicted molar refractivity (Wildman–Crippen MR) is 79.5 cm³/mol. The van der Waals surface area contributed by atoms with E-state index in [9.17, 15) is 0 Å². The predicted octanol–water partition coefficient (Wildman–Crippen LogP) is 2.19. The Balaban J connectivity index is 2.14. The van der Waals surface area contributed by atoms with Gasteiger partial charge in [-0.15, -0.1) is 0 Å². The fourth-order valence-corrected chi connectivity index (χ4v) is 2.06. The van der Waals surface area contributed by atoms with Gasteiger partial charge in [-0.1, -0.05) is 6.07 Å². The summed E-state index contributed by atoms with van der Waals surface area (Å²) in [5, 5.41) is 0. The molecule has 1 heterocycles. The molecule has 0 amide bonds. The SMILES string of the molecule is CCN(CCCN(C)C)c1nc2c(N)cccc2o1. The van der Waals surface area contributed by atoms with Crippen LogP contribution < -0.4 is 10.6 Å². The maximum Gasteiger partial charge on any atom is 0.298 e. The van der Waals surface area contributed by atoms with Crippen molar-refractivity contribution in [2.75, 3.05) is 44.4 Å². The molecule has 0 bridgehead atoms. The Labute approximate surface area is 114 Å². The van der Waals surface area contributed by atoms with E-state index in [-0.39, 0.29) is 0 Å². The minimum Gasteiger partial charge on any atom is -0.423 e. The van der Waals surface area contributed by atoms with E-state index in [1.807, 2.05) is 18.2 Å². The summed E-state index contributed by atoms with van der Waals surface area (Å²) in [4.78, 5) is 8.82. The molecule has 0 saturated heterocycles. The van der Waals surface area contributed by atoms with Crippen molar-refractivity contribution < 1.29 is 4.42 Å². The van der Waals surface area contributed by atoms with Crippen LogP contribution in [0.4, 0.5) is 11.7 Å². The molecule has 0 radical (unpaired) electrons. The first-order valence-corrected chi connectivity index (χ1v) is 6.66. The van der Waals surface area contributed by atoms with E-state index in [0.717, 1.165) is 37.2 Å². The third-order valence-corrected chi connectivity index (χ3v) is 3.12. The molecule has 2 aromatic rings. The number of nitrogens with zero attached hydrogens (tertiary/aromatic N) is 3. The van der Waals surface area contributed by atoms with E-state index >= 15 is 0 Å². The second kappa shape index (κ2) is 5.93. The summed E-state index contributed by atoms with van der Waals surface area (Å²) in [7, 11) is 4.16. The van der Waals surface area contributed by atoms with Gasteiger partial charge in [-0.25, -0.2) is 0 Å². The maximum atomic E-state index is 5.90. The second-order valence-corrected chi connectivity index (χ2v) is 4.93.